The van der Waals surface area contributed by atoms with Gasteiger partial charge in [-0.25, -0.2) is 0 Å². The summed E-state index contributed by atoms with van der Waals surface area (Å²) in [6.45, 7) is 4.89. The Kier molecular flexibility index (Phi) is 7.02. The maximum atomic E-state index is 13.1. The van der Waals surface area contributed by atoms with Crippen molar-refractivity contribution in [2.45, 2.75) is 6.10 Å². The fourth-order valence-electron chi connectivity index (χ4n) is 4.82. The Morgan fingerprint density at radius 2 is 1.46 bits per heavy atom. The van der Waals surface area contributed by atoms with Crippen LogP contribution >= 0.6 is 11.6 Å². The number of benzene rings is 3. The first-order valence-electron chi connectivity index (χ1n) is 11.9. The van der Waals surface area contributed by atoms with E-state index in [1.54, 1.807) is 24.3 Å². The number of carbonyl (C=O) groups is 2. The van der Waals surface area contributed by atoms with Crippen molar-refractivity contribution in [2.24, 2.45) is 0 Å². The summed E-state index contributed by atoms with van der Waals surface area (Å²) in [5.74, 6) is 0.123. The van der Waals surface area contributed by atoms with E-state index in [-0.39, 0.29) is 18.4 Å². The smallest absolute Gasteiger partial charge is 0.261 e. The first kappa shape index (κ1) is 23.8. The second-order valence-corrected chi connectivity index (χ2v) is 9.42. The third-order valence-corrected chi connectivity index (χ3v) is 7.01. The van der Waals surface area contributed by atoms with E-state index in [4.69, 9.17) is 16.3 Å². The van der Waals surface area contributed by atoms with Crippen LogP contribution in [0, 0.1) is 0 Å². The number of piperazine rings is 1. The van der Waals surface area contributed by atoms with Gasteiger partial charge >= 0.3 is 0 Å². The molecule has 5 rings (SSSR count). The summed E-state index contributed by atoms with van der Waals surface area (Å²) in [4.78, 5) is 32.0. The molecule has 0 radical (unpaired) electrons. The number of ether oxygens (including phenoxy) is 1. The lowest BCUT2D eigenvalue weighted by atomic mass is 9.94. The van der Waals surface area contributed by atoms with E-state index in [1.807, 2.05) is 36.4 Å². The van der Waals surface area contributed by atoms with Crippen LogP contribution in [0.1, 0.15) is 20.7 Å². The van der Waals surface area contributed by atoms with Gasteiger partial charge in [-0.2, -0.15) is 0 Å². The van der Waals surface area contributed by atoms with Gasteiger partial charge in [0.15, 0.2) is 0 Å². The molecule has 2 heterocycles. The second-order valence-electron chi connectivity index (χ2n) is 9.01. The molecule has 3 aromatic rings. The Morgan fingerprint density at radius 1 is 0.829 bits per heavy atom. The van der Waals surface area contributed by atoms with Crippen LogP contribution in [0.15, 0.2) is 60.7 Å². The van der Waals surface area contributed by atoms with E-state index in [9.17, 15) is 14.7 Å². The van der Waals surface area contributed by atoms with Gasteiger partial charge in [-0.05, 0) is 29.7 Å². The van der Waals surface area contributed by atoms with Gasteiger partial charge in [0.25, 0.3) is 11.8 Å². The molecule has 8 heteroatoms. The van der Waals surface area contributed by atoms with Crippen molar-refractivity contribution < 1.29 is 19.4 Å². The van der Waals surface area contributed by atoms with E-state index in [2.05, 4.69) is 9.80 Å². The first-order chi connectivity index (χ1) is 17.0. The van der Waals surface area contributed by atoms with Gasteiger partial charge in [0.1, 0.15) is 18.5 Å². The second kappa shape index (κ2) is 10.3. The molecule has 0 spiro atoms. The third-order valence-electron chi connectivity index (χ3n) is 6.70. The molecule has 2 aliphatic heterocycles. The average Bonchev–Trinajstić information content (AvgIpc) is 2.87. The molecule has 1 saturated heterocycles. The van der Waals surface area contributed by atoms with Crippen LogP contribution < -0.4 is 4.74 Å². The zero-order valence-electron chi connectivity index (χ0n) is 19.4. The van der Waals surface area contributed by atoms with Crippen molar-refractivity contribution in [3.63, 3.8) is 0 Å². The van der Waals surface area contributed by atoms with Crippen molar-refractivity contribution in [1.82, 2.24) is 14.7 Å². The number of nitrogens with zero attached hydrogens (tertiary/aromatic N) is 3. The monoisotopic (exact) mass is 493 g/mol. The van der Waals surface area contributed by atoms with Gasteiger partial charge in [0.2, 0.25) is 0 Å². The van der Waals surface area contributed by atoms with E-state index in [0.717, 1.165) is 37.0 Å². The number of carbonyl (C=O) groups excluding carboxylic acids is 2. The summed E-state index contributed by atoms with van der Waals surface area (Å²) in [5.41, 5.74) is 1.19. The quantitative estimate of drug-likeness (QED) is 0.486. The molecular formula is C27H28ClN3O4. The zero-order chi connectivity index (χ0) is 24.4. The predicted molar refractivity (Wildman–Crippen MR) is 135 cm³/mol. The van der Waals surface area contributed by atoms with Crippen LogP contribution in [0.5, 0.6) is 5.75 Å². The lowest BCUT2D eigenvalue weighted by Crippen LogP contribution is -2.51. The van der Waals surface area contributed by atoms with Gasteiger partial charge in [-0.3, -0.25) is 24.3 Å². The lowest BCUT2D eigenvalue weighted by Gasteiger charge is -2.36. The third kappa shape index (κ3) is 5.04. The summed E-state index contributed by atoms with van der Waals surface area (Å²) in [5, 5.41) is 12.6. The Labute approximate surface area is 209 Å². The van der Waals surface area contributed by atoms with Gasteiger partial charge in [-0.1, -0.05) is 48.0 Å². The summed E-state index contributed by atoms with van der Waals surface area (Å²) in [6, 6.07) is 18.4. The van der Waals surface area contributed by atoms with Crippen molar-refractivity contribution >= 4 is 34.2 Å². The lowest BCUT2D eigenvalue weighted by molar-refractivity contribution is 0.0416. The number of aliphatic hydroxyl groups excluding tert-OH is 1. The minimum Gasteiger partial charge on any atom is -0.489 e. The number of para-hydroxylation sites is 1. The molecule has 0 unspecified atom stereocenters. The van der Waals surface area contributed by atoms with Crippen LogP contribution in [-0.2, 0) is 0 Å². The van der Waals surface area contributed by atoms with Crippen LogP contribution in [0.4, 0.5) is 0 Å². The molecule has 1 atom stereocenters. The van der Waals surface area contributed by atoms with E-state index in [1.165, 1.54) is 4.90 Å². The Hall–Kier alpha value is -2.97. The number of aliphatic hydroxyl groups is 1. The number of halogens is 1. The minimum absolute atomic E-state index is 0.178. The highest BCUT2D eigenvalue weighted by Gasteiger charge is 2.33. The van der Waals surface area contributed by atoms with Gasteiger partial charge in [-0.15, -0.1) is 0 Å². The number of hydrogen-bond acceptors (Lipinski definition) is 6. The van der Waals surface area contributed by atoms with E-state index in [0.29, 0.717) is 41.5 Å². The number of rotatable bonds is 8. The number of imide groups is 1. The standard InChI is InChI=1S/C27H28ClN3O4/c28-23-9-1-2-10-24(23)35-18-20(32)17-30-13-11-29(12-14-30)15-16-31-26(33)21-7-3-5-19-6-4-8-22(25(19)21)27(31)34/h1-10,20,32H,11-18H2/t20-/m1/s1. The van der Waals surface area contributed by atoms with Crippen molar-refractivity contribution in [2.75, 3.05) is 52.4 Å². The highest BCUT2D eigenvalue weighted by molar-refractivity contribution is 6.32. The highest BCUT2D eigenvalue weighted by atomic mass is 35.5. The van der Waals surface area contributed by atoms with E-state index < -0.39 is 6.10 Å². The normalized spacial score (nSPS) is 17.7. The molecule has 0 aliphatic carbocycles. The topological polar surface area (TPSA) is 73.3 Å². The van der Waals surface area contributed by atoms with Gasteiger partial charge in [0, 0.05) is 62.3 Å². The largest absolute Gasteiger partial charge is 0.489 e. The molecule has 1 N–H and O–H groups in total. The molecule has 2 amide bonds. The molecule has 35 heavy (non-hydrogen) atoms. The summed E-state index contributed by atoms with van der Waals surface area (Å²) in [6.07, 6.45) is -0.621. The van der Waals surface area contributed by atoms with Crippen molar-refractivity contribution in [3.8, 4) is 5.75 Å². The maximum absolute atomic E-state index is 13.1. The molecule has 0 saturated carbocycles. The molecule has 1 fully saturated rings. The van der Waals surface area contributed by atoms with E-state index >= 15 is 0 Å². The SMILES string of the molecule is O=C1c2cccc3cccc(c23)C(=O)N1CCN1CCN(C[C@@H](O)COc2ccccc2Cl)CC1. The Morgan fingerprint density at radius 3 is 2.11 bits per heavy atom. The fourth-order valence-corrected chi connectivity index (χ4v) is 5.01. The molecule has 182 valence electrons. The first-order valence-corrected chi connectivity index (χ1v) is 12.3. The number of β-amino-alcohol motifs (C(OH)–C–C–N with tert-alkyl or cyclic N) is 1. The van der Waals surface area contributed by atoms with Crippen LogP contribution in [-0.4, -0.2) is 90.1 Å². The average molecular weight is 494 g/mol. The Balaban J connectivity index is 1.10. The van der Waals surface area contributed by atoms with Gasteiger partial charge in [0.05, 0.1) is 5.02 Å². The van der Waals surface area contributed by atoms with Crippen LogP contribution in [0.2, 0.25) is 5.02 Å². The number of hydrogen-bond donors (Lipinski definition) is 1. The number of amides is 2. The Bertz CT molecular complexity index is 1190. The fraction of sp³-hybridized carbons (Fsp3) is 0.333. The molecule has 7 nitrogen and oxygen atoms in total. The highest BCUT2D eigenvalue weighted by Crippen LogP contribution is 2.30. The molecule has 3 aromatic carbocycles. The van der Waals surface area contributed by atoms with Gasteiger partial charge < -0.3 is 9.84 Å². The minimum atomic E-state index is -0.621. The van der Waals surface area contributed by atoms with Crippen molar-refractivity contribution in [1.29, 1.82) is 0 Å². The maximum Gasteiger partial charge on any atom is 0.261 e. The summed E-state index contributed by atoms with van der Waals surface area (Å²) in [7, 11) is 0. The molecule has 0 aromatic heterocycles. The van der Waals surface area contributed by atoms with Crippen LogP contribution in [0.25, 0.3) is 10.8 Å². The summed E-state index contributed by atoms with van der Waals surface area (Å²) >= 11 is 6.10. The molecular weight excluding hydrogens is 466 g/mol. The predicted octanol–water partition coefficient (Wildman–Crippen LogP) is 3.15. The molecule has 2 aliphatic rings. The summed E-state index contributed by atoms with van der Waals surface area (Å²) < 4.78 is 5.64. The molecule has 0 bridgehead atoms. The zero-order valence-corrected chi connectivity index (χ0v) is 20.2. The van der Waals surface area contributed by atoms with Crippen LogP contribution in [0.3, 0.4) is 0 Å². The van der Waals surface area contributed by atoms with Crippen molar-refractivity contribution in [3.05, 3.63) is 76.8 Å².